The Kier molecular flexibility index (Phi) is 7.13. The van der Waals surface area contributed by atoms with Crippen molar-refractivity contribution >= 4 is 5.97 Å². The van der Waals surface area contributed by atoms with Crippen LogP contribution in [0, 0.1) is 11.3 Å². The monoisotopic (exact) mass is 349 g/mol. The molecule has 0 aromatic heterocycles. The number of carbonyl (C=O) groups excluding carboxylic acids is 1. The zero-order valence-electron chi connectivity index (χ0n) is 14.9. The summed E-state index contributed by atoms with van der Waals surface area (Å²) in [5.74, 6) is -0.445. The Morgan fingerprint density at radius 2 is 1.69 bits per heavy atom. The molecular weight excluding hydrogens is 326 g/mol. The maximum absolute atomic E-state index is 12.0. The summed E-state index contributed by atoms with van der Waals surface area (Å²) in [7, 11) is 0. The fourth-order valence-corrected chi connectivity index (χ4v) is 2.79. The molecule has 0 aliphatic rings. The van der Waals surface area contributed by atoms with Crippen LogP contribution in [-0.2, 0) is 19.7 Å². The van der Waals surface area contributed by atoms with E-state index in [1.54, 1.807) is 13.0 Å². The van der Waals surface area contributed by atoms with E-state index in [2.05, 4.69) is 12.6 Å². The van der Waals surface area contributed by atoms with E-state index in [1.807, 2.05) is 60.7 Å². The summed E-state index contributed by atoms with van der Waals surface area (Å²) < 4.78 is 10.6. The minimum atomic E-state index is -0.881. The second-order valence-corrected chi connectivity index (χ2v) is 5.93. The Bertz CT molecular complexity index is 710. The van der Waals surface area contributed by atoms with Crippen LogP contribution in [-0.4, -0.2) is 25.3 Å². The van der Waals surface area contributed by atoms with Crippen LogP contribution in [0.25, 0.3) is 0 Å². The van der Waals surface area contributed by atoms with Crippen molar-refractivity contribution in [1.29, 1.82) is 5.26 Å². The van der Waals surface area contributed by atoms with E-state index in [0.717, 1.165) is 11.1 Å². The van der Waals surface area contributed by atoms with Gasteiger partial charge in [0.15, 0.2) is 6.10 Å². The van der Waals surface area contributed by atoms with Crippen LogP contribution in [0.3, 0.4) is 0 Å². The third kappa shape index (κ3) is 4.59. The van der Waals surface area contributed by atoms with E-state index in [1.165, 1.54) is 0 Å². The molecule has 0 fully saturated rings. The average molecular weight is 349 g/mol. The lowest BCUT2D eigenvalue weighted by molar-refractivity contribution is -0.155. The number of rotatable bonds is 9. The predicted molar refractivity (Wildman–Crippen MR) is 100 cm³/mol. The molecule has 0 saturated carbocycles. The van der Waals surface area contributed by atoms with Gasteiger partial charge in [-0.2, -0.15) is 5.26 Å². The maximum Gasteiger partial charge on any atom is 0.334 e. The molecule has 1 atom stereocenters. The number of carbonyl (C=O) groups is 1. The van der Waals surface area contributed by atoms with E-state index >= 15 is 0 Å². The topological polar surface area (TPSA) is 59.3 Å². The highest BCUT2D eigenvalue weighted by Gasteiger charge is 2.34. The third-order valence-corrected chi connectivity index (χ3v) is 4.24. The molecule has 0 amide bonds. The summed E-state index contributed by atoms with van der Waals surface area (Å²) in [6, 6.07) is 21.6. The summed E-state index contributed by atoms with van der Waals surface area (Å²) in [5.41, 5.74) is 0.870. The molecule has 0 heterocycles. The Labute approximate surface area is 154 Å². The molecule has 0 N–H and O–H groups in total. The number of hydrogen-bond donors (Lipinski definition) is 0. The summed E-state index contributed by atoms with van der Waals surface area (Å²) in [5, 5.41) is 10.0. The van der Waals surface area contributed by atoms with Gasteiger partial charge in [-0.15, -0.1) is 6.58 Å². The molecule has 0 aliphatic heterocycles. The first-order valence-corrected chi connectivity index (χ1v) is 8.55. The maximum atomic E-state index is 12.0. The molecule has 0 radical (unpaired) electrons. The van der Waals surface area contributed by atoms with Gasteiger partial charge in [0.2, 0.25) is 0 Å². The van der Waals surface area contributed by atoms with Crippen LogP contribution < -0.4 is 0 Å². The van der Waals surface area contributed by atoms with Gasteiger partial charge in [-0.05, 0) is 18.1 Å². The second kappa shape index (κ2) is 9.55. The zero-order chi connectivity index (χ0) is 18.8. The van der Waals surface area contributed by atoms with Gasteiger partial charge in [-0.25, -0.2) is 4.79 Å². The summed E-state index contributed by atoms with van der Waals surface area (Å²) in [6.45, 7) is 5.60. The lowest BCUT2D eigenvalue weighted by Crippen LogP contribution is -2.30. The van der Waals surface area contributed by atoms with Crippen LogP contribution in [0.15, 0.2) is 73.3 Å². The van der Waals surface area contributed by atoms with Crippen LogP contribution in [0.2, 0.25) is 0 Å². The minimum Gasteiger partial charge on any atom is -0.464 e. The van der Waals surface area contributed by atoms with Crippen LogP contribution in [0.4, 0.5) is 0 Å². The smallest absolute Gasteiger partial charge is 0.334 e. The number of nitrogens with zero attached hydrogens (tertiary/aromatic N) is 1. The largest absolute Gasteiger partial charge is 0.464 e. The van der Waals surface area contributed by atoms with Gasteiger partial charge in [0.05, 0.1) is 19.3 Å². The Morgan fingerprint density at radius 1 is 1.15 bits per heavy atom. The van der Waals surface area contributed by atoms with Crippen molar-refractivity contribution in [2.75, 3.05) is 13.2 Å². The number of esters is 1. The van der Waals surface area contributed by atoms with Gasteiger partial charge in [0.1, 0.15) is 5.41 Å². The van der Waals surface area contributed by atoms with Crippen LogP contribution >= 0.6 is 0 Å². The molecule has 134 valence electrons. The number of nitriles is 1. The van der Waals surface area contributed by atoms with Crippen LogP contribution in [0.5, 0.6) is 0 Å². The van der Waals surface area contributed by atoms with Crippen molar-refractivity contribution in [3.05, 3.63) is 84.4 Å². The molecule has 2 aromatic carbocycles. The van der Waals surface area contributed by atoms with Crippen molar-refractivity contribution in [2.45, 2.75) is 24.9 Å². The number of hydrogen-bond acceptors (Lipinski definition) is 4. The number of benzene rings is 2. The highest BCUT2D eigenvalue weighted by Crippen LogP contribution is 2.35. The molecule has 0 aliphatic carbocycles. The third-order valence-electron chi connectivity index (χ3n) is 4.24. The van der Waals surface area contributed by atoms with Gasteiger partial charge >= 0.3 is 5.97 Å². The van der Waals surface area contributed by atoms with Crippen molar-refractivity contribution < 1.29 is 14.3 Å². The minimum absolute atomic E-state index is 0.123. The van der Waals surface area contributed by atoms with Gasteiger partial charge in [0.25, 0.3) is 0 Å². The zero-order valence-corrected chi connectivity index (χ0v) is 14.9. The molecule has 0 spiro atoms. The molecule has 2 aromatic rings. The molecule has 0 bridgehead atoms. The van der Waals surface area contributed by atoms with Crippen molar-refractivity contribution in [2.24, 2.45) is 0 Å². The summed E-state index contributed by atoms with van der Waals surface area (Å²) in [4.78, 5) is 12.0. The predicted octanol–water partition coefficient (Wildman–Crippen LogP) is 4.02. The highest BCUT2D eigenvalue weighted by atomic mass is 16.6. The normalized spacial score (nSPS) is 12.0. The van der Waals surface area contributed by atoms with E-state index in [9.17, 15) is 10.1 Å². The molecule has 1 unspecified atom stereocenters. The Morgan fingerprint density at radius 3 is 2.15 bits per heavy atom. The molecule has 4 heteroatoms. The summed E-state index contributed by atoms with van der Waals surface area (Å²) in [6.07, 6.45) is 1.27. The van der Waals surface area contributed by atoms with E-state index in [0.29, 0.717) is 6.42 Å². The lowest BCUT2D eigenvalue weighted by atomic mass is 9.73. The van der Waals surface area contributed by atoms with E-state index in [-0.39, 0.29) is 13.2 Å². The fraction of sp³-hybridized carbons (Fsp3) is 0.273. The SMILES string of the molecule is C=CCOC(C)C(=O)OCCC(C#N)(c1ccccc1)c1ccccc1. The van der Waals surface area contributed by atoms with Crippen molar-refractivity contribution in [1.82, 2.24) is 0 Å². The summed E-state index contributed by atoms with van der Waals surface area (Å²) >= 11 is 0. The Hall–Kier alpha value is -2.90. The first-order valence-electron chi connectivity index (χ1n) is 8.55. The Balaban J connectivity index is 2.17. The standard InChI is InChI=1S/C22H23NO3/c1-3-15-25-18(2)21(24)26-16-14-22(17-23,19-10-6-4-7-11-19)20-12-8-5-9-13-20/h3-13,18H,1,14-16H2,2H3. The lowest BCUT2D eigenvalue weighted by Gasteiger charge is -2.28. The molecule has 0 saturated heterocycles. The van der Waals surface area contributed by atoms with Gasteiger partial charge < -0.3 is 9.47 Å². The highest BCUT2D eigenvalue weighted by molar-refractivity contribution is 5.74. The first-order chi connectivity index (χ1) is 12.6. The fourth-order valence-electron chi connectivity index (χ4n) is 2.79. The first kappa shape index (κ1) is 19.4. The average Bonchev–Trinajstić information content (AvgIpc) is 2.70. The van der Waals surface area contributed by atoms with Gasteiger partial charge in [0, 0.05) is 6.42 Å². The molecule has 2 rings (SSSR count). The molecule has 26 heavy (non-hydrogen) atoms. The van der Waals surface area contributed by atoms with Crippen molar-refractivity contribution in [3.63, 3.8) is 0 Å². The van der Waals surface area contributed by atoms with Crippen LogP contribution in [0.1, 0.15) is 24.5 Å². The van der Waals surface area contributed by atoms with Gasteiger partial charge in [-0.3, -0.25) is 0 Å². The number of ether oxygens (including phenoxy) is 2. The van der Waals surface area contributed by atoms with E-state index < -0.39 is 17.5 Å². The molecule has 4 nitrogen and oxygen atoms in total. The van der Waals surface area contributed by atoms with Crippen molar-refractivity contribution in [3.8, 4) is 6.07 Å². The van der Waals surface area contributed by atoms with Gasteiger partial charge in [-0.1, -0.05) is 66.7 Å². The van der Waals surface area contributed by atoms with E-state index in [4.69, 9.17) is 9.47 Å². The quantitative estimate of drug-likeness (QED) is 0.507. The second-order valence-electron chi connectivity index (χ2n) is 5.93. The molecular formula is C22H23NO3.